The number of anilines is 1. The van der Waals surface area contributed by atoms with Gasteiger partial charge in [-0.1, -0.05) is 11.3 Å². The topological polar surface area (TPSA) is 90.1 Å². The van der Waals surface area contributed by atoms with Gasteiger partial charge in [0.25, 0.3) is 0 Å². The highest BCUT2D eigenvalue weighted by Gasteiger charge is 2.13. The molecule has 78 valence electrons. The van der Waals surface area contributed by atoms with Crippen LogP contribution in [0.3, 0.4) is 0 Å². The molecule has 0 aliphatic heterocycles. The molecule has 0 radical (unpaired) electrons. The Labute approximate surface area is 85.5 Å². The first kappa shape index (κ1) is 11.0. The molecule has 1 aromatic heterocycles. The smallest absolute Gasteiger partial charge is 0.243 e. The molecule has 1 unspecified atom stereocenters. The molecule has 7 heteroatoms. The third kappa shape index (κ3) is 3.36. The van der Waals surface area contributed by atoms with Crippen LogP contribution in [-0.2, 0) is 9.53 Å². The molecule has 1 rings (SSSR count). The van der Waals surface area contributed by atoms with Gasteiger partial charge in [-0.3, -0.25) is 10.1 Å². The minimum absolute atomic E-state index is 0.265. The van der Waals surface area contributed by atoms with Crippen molar-refractivity contribution in [1.29, 1.82) is 0 Å². The van der Waals surface area contributed by atoms with Crippen LogP contribution in [0.2, 0.25) is 0 Å². The molecular weight excluding hydrogens is 204 g/mol. The number of hydrogen-bond acceptors (Lipinski definition) is 6. The van der Waals surface area contributed by atoms with Gasteiger partial charge in [-0.25, -0.2) is 0 Å². The van der Waals surface area contributed by atoms with Crippen LogP contribution in [0.5, 0.6) is 0 Å². The third-order valence-electron chi connectivity index (χ3n) is 1.56. The summed E-state index contributed by atoms with van der Waals surface area (Å²) in [6, 6.07) is -0.571. The van der Waals surface area contributed by atoms with Crippen LogP contribution in [0.1, 0.15) is 6.42 Å². The Balaban J connectivity index is 2.34. The van der Waals surface area contributed by atoms with Gasteiger partial charge in [0.15, 0.2) is 0 Å². The standard InChI is InChI=1S/C7H12N4O2S/c1-13-3-2-5(8)6(12)10-7-11-9-4-14-7/h4-5H,2-3,8H2,1H3,(H,10,11,12). The summed E-state index contributed by atoms with van der Waals surface area (Å²) in [7, 11) is 1.56. The molecule has 6 nitrogen and oxygen atoms in total. The normalized spacial score (nSPS) is 12.4. The van der Waals surface area contributed by atoms with E-state index in [0.29, 0.717) is 18.2 Å². The zero-order chi connectivity index (χ0) is 10.4. The van der Waals surface area contributed by atoms with Gasteiger partial charge in [-0.15, -0.1) is 10.2 Å². The molecule has 14 heavy (non-hydrogen) atoms. The average molecular weight is 216 g/mol. The summed E-state index contributed by atoms with van der Waals surface area (Å²) in [5.74, 6) is -0.265. The maximum absolute atomic E-state index is 11.4. The summed E-state index contributed by atoms with van der Waals surface area (Å²) in [6.07, 6.45) is 0.487. The molecule has 0 aliphatic rings. The number of rotatable bonds is 5. The van der Waals surface area contributed by atoms with Crippen molar-refractivity contribution in [2.75, 3.05) is 19.0 Å². The van der Waals surface area contributed by atoms with E-state index in [2.05, 4.69) is 15.5 Å². The van der Waals surface area contributed by atoms with E-state index < -0.39 is 6.04 Å². The predicted molar refractivity (Wildman–Crippen MR) is 53.0 cm³/mol. The number of nitrogens with one attached hydrogen (secondary N) is 1. The van der Waals surface area contributed by atoms with Gasteiger partial charge < -0.3 is 10.5 Å². The van der Waals surface area contributed by atoms with Crippen molar-refractivity contribution in [2.45, 2.75) is 12.5 Å². The molecule has 0 aliphatic carbocycles. The molecule has 0 aromatic carbocycles. The van der Waals surface area contributed by atoms with Crippen molar-refractivity contribution < 1.29 is 9.53 Å². The van der Waals surface area contributed by atoms with E-state index in [9.17, 15) is 4.79 Å². The number of nitrogens with zero attached hydrogens (tertiary/aromatic N) is 2. The zero-order valence-electron chi connectivity index (χ0n) is 7.77. The maximum Gasteiger partial charge on any atom is 0.243 e. The van der Waals surface area contributed by atoms with Crippen molar-refractivity contribution >= 4 is 22.4 Å². The lowest BCUT2D eigenvalue weighted by Crippen LogP contribution is -2.36. The molecule has 0 saturated heterocycles. The van der Waals surface area contributed by atoms with Crippen LogP contribution in [0.4, 0.5) is 5.13 Å². The second kappa shape index (κ2) is 5.63. The second-order valence-electron chi connectivity index (χ2n) is 2.62. The monoisotopic (exact) mass is 216 g/mol. The number of carbonyl (C=O) groups excluding carboxylic acids is 1. The molecule has 0 spiro atoms. The quantitative estimate of drug-likeness (QED) is 0.713. The molecule has 1 atom stereocenters. The lowest BCUT2D eigenvalue weighted by Gasteiger charge is -2.09. The first-order chi connectivity index (χ1) is 6.74. The Morgan fingerprint density at radius 3 is 3.21 bits per heavy atom. The van der Waals surface area contributed by atoms with Crippen molar-refractivity contribution in [1.82, 2.24) is 10.2 Å². The van der Waals surface area contributed by atoms with Crippen LogP contribution in [0, 0.1) is 0 Å². The predicted octanol–water partition coefficient (Wildman–Crippen LogP) is -0.160. The highest BCUT2D eigenvalue weighted by Crippen LogP contribution is 2.08. The van der Waals surface area contributed by atoms with Crippen LogP contribution in [0.15, 0.2) is 5.51 Å². The number of carbonyl (C=O) groups is 1. The number of nitrogens with two attached hydrogens (primary N) is 1. The molecular formula is C7H12N4O2S. The SMILES string of the molecule is COCCC(N)C(=O)Nc1nncs1. The fourth-order valence-corrected chi connectivity index (χ4v) is 1.25. The largest absolute Gasteiger partial charge is 0.385 e. The number of methoxy groups -OCH3 is 1. The van der Waals surface area contributed by atoms with E-state index in [1.165, 1.54) is 16.8 Å². The Kier molecular flexibility index (Phi) is 4.44. The first-order valence-electron chi connectivity index (χ1n) is 4.05. The first-order valence-corrected chi connectivity index (χ1v) is 4.93. The molecule has 0 fully saturated rings. The van der Waals surface area contributed by atoms with Crippen LogP contribution in [0.25, 0.3) is 0 Å². The summed E-state index contributed by atoms with van der Waals surface area (Å²) in [4.78, 5) is 11.4. The zero-order valence-corrected chi connectivity index (χ0v) is 8.58. The Morgan fingerprint density at radius 1 is 1.86 bits per heavy atom. The van der Waals surface area contributed by atoms with Crippen molar-refractivity contribution in [3.05, 3.63) is 5.51 Å². The maximum atomic E-state index is 11.4. The van der Waals surface area contributed by atoms with E-state index in [1.807, 2.05) is 0 Å². The summed E-state index contributed by atoms with van der Waals surface area (Å²) in [5, 5.41) is 10.3. The summed E-state index contributed by atoms with van der Waals surface area (Å²) in [6.45, 7) is 0.463. The number of hydrogen-bond donors (Lipinski definition) is 2. The molecule has 0 bridgehead atoms. The second-order valence-corrected chi connectivity index (χ2v) is 3.45. The lowest BCUT2D eigenvalue weighted by atomic mass is 10.2. The van der Waals surface area contributed by atoms with E-state index in [4.69, 9.17) is 10.5 Å². The minimum Gasteiger partial charge on any atom is -0.385 e. The average Bonchev–Trinajstić information content (AvgIpc) is 2.66. The fraction of sp³-hybridized carbons (Fsp3) is 0.571. The van der Waals surface area contributed by atoms with Gasteiger partial charge >= 0.3 is 0 Å². The molecule has 1 heterocycles. The van der Waals surface area contributed by atoms with E-state index in [1.54, 1.807) is 7.11 Å². The molecule has 1 amide bonds. The van der Waals surface area contributed by atoms with Crippen LogP contribution in [-0.4, -0.2) is 35.9 Å². The minimum atomic E-state index is -0.571. The highest BCUT2D eigenvalue weighted by molar-refractivity contribution is 7.13. The lowest BCUT2D eigenvalue weighted by molar-refractivity contribution is -0.117. The van der Waals surface area contributed by atoms with Crippen LogP contribution < -0.4 is 11.1 Å². The highest BCUT2D eigenvalue weighted by atomic mass is 32.1. The summed E-state index contributed by atoms with van der Waals surface area (Å²) in [5.41, 5.74) is 7.12. The van der Waals surface area contributed by atoms with Crippen molar-refractivity contribution in [3.63, 3.8) is 0 Å². The van der Waals surface area contributed by atoms with Crippen LogP contribution >= 0.6 is 11.3 Å². The molecule has 1 aromatic rings. The van der Waals surface area contributed by atoms with E-state index >= 15 is 0 Å². The Bertz CT molecular complexity index is 277. The van der Waals surface area contributed by atoms with Gasteiger partial charge in [-0.2, -0.15) is 0 Å². The molecule has 3 N–H and O–H groups in total. The number of amides is 1. The third-order valence-corrected chi connectivity index (χ3v) is 2.17. The van der Waals surface area contributed by atoms with Crippen molar-refractivity contribution in [2.24, 2.45) is 5.73 Å². The van der Waals surface area contributed by atoms with Gasteiger partial charge in [-0.05, 0) is 6.42 Å². The molecule has 0 saturated carbocycles. The Morgan fingerprint density at radius 2 is 2.64 bits per heavy atom. The number of ether oxygens (including phenoxy) is 1. The Hall–Kier alpha value is -1.05. The van der Waals surface area contributed by atoms with E-state index in [0.717, 1.165) is 0 Å². The fourth-order valence-electron chi connectivity index (χ4n) is 0.802. The van der Waals surface area contributed by atoms with Gasteiger partial charge in [0, 0.05) is 13.7 Å². The van der Waals surface area contributed by atoms with Gasteiger partial charge in [0.1, 0.15) is 5.51 Å². The van der Waals surface area contributed by atoms with Gasteiger partial charge in [0.2, 0.25) is 11.0 Å². The van der Waals surface area contributed by atoms with Gasteiger partial charge in [0.05, 0.1) is 6.04 Å². The summed E-state index contributed by atoms with van der Waals surface area (Å²) < 4.78 is 4.81. The van der Waals surface area contributed by atoms with E-state index in [-0.39, 0.29) is 5.91 Å². The summed E-state index contributed by atoms with van der Waals surface area (Å²) >= 11 is 1.25. The number of aromatic nitrogens is 2. The van der Waals surface area contributed by atoms with Crippen molar-refractivity contribution in [3.8, 4) is 0 Å².